The highest BCUT2D eigenvalue weighted by Gasteiger charge is 2.32. The van der Waals surface area contributed by atoms with E-state index in [1.807, 2.05) is 6.07 Å². The van der Waals surface area contributed by atoms with E-state index in [4.69, 9.17) is 16.4 Å². The van der Waals surface area contributed by atoms with Gasteiger partial charge >= 0.3 is 0 Å². The Kier molecular flexibility index (Phi) is 8.09. The molecule has 2 aliphatic heterocycles. The van der Waals surface area contributed by atoms with Crippen molar-refractivity contribution in [2.24, 2.45) is 0 Å². The fourth-order valence-electron chi connectivity index (χ4n) is 5.38. The molecule has 0 spiro atoms. The van der Waals surface area contributed by atoms with E-state index in [-0.39, 0.29) is 30.6 Å². The SMILES string of the molecule is CN1Oc2ccc(NC(=O)c3ccc(Cl)cc3N[C@@H]3CCCC[C@@H]3N3CCCC3)cc2CC1=O.Cl. The molecule has 3 aliphatic rings. The number of rotatable bonds is 5. The monoisotopic (exact) mass is 518 g/mol. The number of likely N-dealkylation sites (N-methyl/N-ethyl adjacent to an activating group) is 1. The zero-order valence-corrected chi connectivity index (χ0v) is 21.5. The lowest BCUT2D eigenvalue weighted by atomic mass is 9.89. The Bertz CT molecular complexity index is 1090. The molecule has 1 aliphatic carbocycles. The summed E-state index contributed by atoms with van der Waals surface area (Å²) in [5.74, 6) is 0.284. The van der Waals surface area contributed by atoms with E-state index in [1.165, 1.54) is 37.2 Å². The molecule has 7 nitrogen and oxygen atoms in total. The van der Waals surface area contributed by atoms with Crippen molar-refractivity contribution >= 4 is 47.2 Å². The molecule has 35 heavy (non-hydrogen) atoms. The average molecular weight is 519 g/mol. The summed E-state index contributed by atoms with van der Waals surface area (Å²) < 4.78 is 0. The lowest BCUT2D eigenvalue weighted by Crippen LogP contribution is -2.47. The van der Waals surface area contributed by atoms with E-state index in [1.54, 1.807) is 37.4 Å². The summed E-state index contributed by atoms with van der Waals surface area (Å²) in [5.41, 5.74) is 2.70. The second-order valence-electron chi connectivity index (χ2n) is 9.47. The minimum absolute atomic E-state index is 0. The Labute approximate surface area is 217 Å². The van der Waals surface area contributed by atoms with Crippen LogP contribution in [0.25, 0.3) is 0 Å². The molecule has 2 heterocycles. The molecular formula is C26H32Cl2N4O3. The molecule has 188 valence electrons. The molecule has 2 aromatic rings. The number of halogens is 2. The number of likely N-dealkylation sites (tertiary alicyclic amines) is 1. The maximum atomic E-state index is 13.3. The predicted molar refractivity (Wildman–Crippen MR) is 141 cm³/mol. The van der Waals surface area contributed by atoms with E-state index >= 15 is 0 Å². The Morgan fingerprint density at radius 2 is 1.83 bits per heavy atom. The van der Waals surface area contributed by atoms with Gasteiger partial charge in [0.15, 0.2) is 5.75 Å². The van der Waals surface area contributed by atoms with E-state index in [9.17, 15) is 9.59 Å². The minimum Gasteiger partial charge on any atom is -0.380 e. The van der Waals surface area contributed by atoms with Crippen molar-refractivity contribution in [1.29, 1.82) is 0 Å². The Hall–Kier alpha value is -2.48. The van der Waals surface area contributed by atoms with Gasteiger partial charge in [0.05, 0.1) is 12.0 Å². The van der Waals surface area contributed by atoms with Gasteiger partial charge in [-0.3, -0.25) is 14.5 Å². The molecule has 2 fully saturated rings. The lowest BCUT2D eigenvalue weighted by molar-refractivity contribution is -0.154. The maximum absolute atomic E-state index is 13.3. The number of fused-ring (bicyclic) bond motifs is 1. The molecular weight excluding hydrogens is 487 g/mol. The van der Waals surface area contributed by atoms with Gasteiger partial charge in [0.1, 0.15) is 0 Å². The van der Waals surface area contributed by atoms with Crippen LogP contribution in [-0.4, -0.2) is 54.0 Å². The van der Waals surface area contributed by atoms with Crippen LogP contribution in [0.1, 0.15) is 54.4 Å². The maximum Gasteiger partial charge on any atom is 0.259 e. The quantitative estimate of drug-likeness (QED) is 0.572. The summed E-state index contributed by atoms with van der Waals surface area (Å²) in [7, 11) is 1.59. The first kappa shape index (κ1) is 25.6. The number of hydrogen-bond donors (Lipinski definition) is 2. The fourth-order valence-corrected chi connectivity index (χ4v) is 5.55. The number of hydrogen-bond acceptors (Lipinski definition) is 5. The topological polar surface area (TPSA) is 73.9 Å². The van der Waals surface area contributed by atoms with Crippen molar-refractivity contribution in [3.8, 4) is 5.75 Å². The van der Waals surface area contributed by atoms with Crippen LogP contribution in [0.2, 0.25) is 5.02 Å². The van der Waals surface area contributed by atoms with Gasteiger partial charge in [0, 0.05) is 41.1 Å². The van der Waals surface area contributed by atoms with Crippen molar-refractivity contribution in [3.63, 3.8) is 0 Å². The van der Waals surface area contributed by atoms with Crippen LogP contribution >= 0.6 is 24.0 Å². The van der Waals surface area contributed by atoms with Crippen molar-refractivity contribution in [2.75, 3.05) is 30.8 Å². The largest absolute Gasteiger partial charge is 0.380 e. The first-order valence-electron chi connectivity index (χ1n) is 12.2. The zero-order chi connectivity index (χ0) is 23.7. The van der Waals surface area contributed by atoms with Crippen LogP contribution in [0.4, 0.5) is 11.4 Å². The van der Waals surface area contributed by atoms with Crippen molar-refractivity contribution in [1.82, 2.24) is 9.96 Å². The number of nitrogens with one attached hydrogen (secondary N) is 2. The van der Waals surface area contributed by atoms with Gasteiger partial charge in [-0.05, 0) is 75.2 Å². The van der Waals surface area contributed by atoms with Crippen LogP contribution in [0, 0.1) is 0 Å². The molecule has 0 radical (unpaired) electrons. The normalized spacial score (nSPS) is 22.1. The van der Waals surface area contributed by atoms with Gasteiger partial charge in [0.2, 0.25) is 0 Å². The molecule has 2 aromatic carbocycles. The van der Waals surface area contributed by atoms with Gasteiger partial charge in [0.25, 0.3) is 11.8 Å². The van der Waals surface area contributed by atoms with E-state index < -0.39 is 0 Å². The summed E-state index contributed by atoms with van der Waals surface area (Å²) >= 11 is 6.34. The van der Waals surface area contributed by atoms with Gasteiger partial charge in [-0.25, -0.2) is 0 Å². The van der Waals surface area contributed by atoms with Crippen LogP contribution in [-0.2, 0) is 11.2 Å². The lowest BCUT2D eigenvalue weighted by Gasteiger charge is -2.39. The van der Waals surface area contributed by atoms with Crippen LogP contribution in [0.3, 0.4) is 0 Å². The Morgan fingerprint density at radius 3 is 2.63 bits per heavy atom. The van der Waals surface area contributed by atoms with Crippen LogP contribution < -0.4 is 15.5 Å². The molecule has 0 aromatic heterocycles. The van der Waals surface area contributed by atoms with E-state index in [2.05, 4.69) is 15.5 Å². The standard InChI is InChI=1S/C26H31ClN4O3.ClH/c1-30-25(32)15-17-14-19(9-11-24(17)34-30)28-26(33)20-10-8-18(27)16-22(20)29-21-6-2-3-7-23(21)31-12-4-5-13-31;/h8-11,14,16,21,23,29H,2-7,12-13,15H2,1H3,(H,28,33);1H/t21-,23+;/m1./s1. The smallest absolute Gasteiger partial charge is 0.259 e. The van der Waals surface area contributed by atoms with Crippen molar-refractivity contribution in [3.05, 3.63) is 52.5 Å². The predicted octanol–water partition coefficient (Wildman–Crippen LogP) is 5.14. The molecule has 0 bridgehead atoms. The van der Waals surface area contributed by atoms with Gasteiger partial charge in [-0.15, -0.1) is 12.4 Å². The third kappa shape index (κ3) is 5.68. The number of benzene rings is 2. The first-order valence-corrected chi connectivity index (χ1v) is 12.5. The molecule has 5 rings (SSSR count). The third-order valence-electron chi connectivity index (χ3n) is 7.15. The average Bonchev–Trinajstić information content (AvgIpc) is 3.35. The van der Waals surface area contributed by atoms with Crippen LogP contribution in [0.15, 0.2) is 36.4 Å². The molecule has 2 N–H and O–H groups in total. The van der Waals surface area contributed by atoms with Gasteiger partial charge in [-0.1, -0.05) is 24.4 Å². The molecule has 0 unspecified atom stereocenters. The third-order valence-corrected chi connectivity index (χ3v) is 7.39. The molecule has 1 saturated heterocycles. The molecule has 2 amide bonds. The number of amides is 2. The Morgan fingerprint density at radius 1 is 1.06 bits per heavy atom. The van der Waals surface area contributed by atoms with Crippen molar-refractivity contribution in [2.45, 2.75) is 57.0 Å². The first-order chi connectivity index (χ1) is 16.5. The summed E-state index contributed by atoms with van der Waals surface area (Å²) in [6.45, 7) is 2.32. The number of carbonyl (C=O) groups excluding carboxylic acids is 2. The number of carbonyl (C=O) groups is 2. The van der Waals surface area contributed by atoms with Gasteiger partial charge in [-0.2, -0.15) is 5.06 Å². The van der Waals surface area contributed by atoms with Crippen LogP contribution in [0.5, 0.6) is 5.75 Å². The van der Waals surface area contributed by atoms with E-state index in [0.717, 1.165) is 30.8 Å². The highest BCUT2D eigenvalue weighted by Crippen LogP contribution is 2.32. The minimum atomic E-state index is -0.215. The highest BCUT2D eigenvalue weighted by atomic mass is 35.5. The number of anilines is 2. The number of hydroxylamine groups is 2. The second-order valence-corrected chi connectivity index (χ2v) is 9.91. The zero-order valence-electron chi connectivity index (χ0n) is 19.9. The van der Waals surface area contributed by atoms with Crippen molar-refractivity contribution < 1.29 is 14.4 Å². The molecule has 9 heteroatoms. The fraction of sp³-hybridized carbons (Fsp3) is 0.462. The number of nitrogens with zero attached hydrogens (tertiary/aromatic N) is 2. The summed E-state index contributed by atoms with van der Waals surface area (Å²) in [6, 6.07) is 11.5. The highest BCUT2D eigenvalue weighted by molar-refractivity contribution is 6.31. The van der Waals surface area contributed by atoms with E-state index in [0.29, 0.717) is 34.1 Å². The van der Waals surface area contributed by atoms with Gasteiger partial charge < -0.3 is 15.5 Å². The second kappa shape index (κ2) is 11.1. The Balaban J connectivity index is 0.00000289. The molecule has 1 saturated carbocycles. The summed E-state index contributed by atoms with van der Waals surface area (Å²) in [6.07, 6.45) is 7.48. The summed E-state index contributed by atoms with van der Waals surface area (Å²) in [4.78, 5) is 33.4. The molecule has 2 atom stereocenters. The summed E-state index contributed by atoms with van der Waals surface area (Å²) in [5, 5.41) is 8.50.